The average Bonchev–Trinajstić information content (AvgIpc) is 2.97. The van der Waals surface area contributed by atoms with Crippen LogP contribution in [0, 0.1) is 0 Å². The van der Waals surface area contributed by atoms with Crippen molar-refractivity contribution >= 4 is 44.4 Å². The lowest BCUT2D eigenvalue weighted by atomic mass is 10.2. The standard InChI is InChI=1S/C16H14N2O2S2/c1-20-12-7-4-8-13-14(12)17-16(22-13)18-15(19)10-5-3-6-11(9-10)21-2/h3-9H,1-2H3,(H,17,18,19). The smallest absolute Gasteiger partial charge is 0.257 e. The molecule has 3 aromatic rings. The summed E-state index contributed by atoms with van der Waals surface area (Å²) < 4.78 is 6.27. The van der Waals surface area contributed by atoms with Gasteiger partial charge >= 0.3 is 0 Å². The number of nitrogens with zero attached hydrogens (tertiary/aromatic N) is 1. The van der Waals surface area contributed by atoms with Gasteiger partial charge in [-0.15, -0.1) is 11.8 Å². The fourth-order valence-electron chi connectivity index (χ4n) is 2.08. The van der Waals surface area contributed by atoms with Gasteiger partial charge in [-0.05, 0) is 36.6 Å². The van der Waals surface area contributed by atoms with Crippen molar-refractivity contribution in [2.24, 2.45) is 0 Å². The van der Waals surface area contributed by atoms with Crippen molar-refractivity contribution < 1.29 is 9.53 Å². The average molecular weight is 330 g/mol. The van der Waals surface area contributed by atoms with Crippen LogP contribution >= 0.6 is 23.1 Å². The Morgan fingerprint density at radius 2 is 2.09 bits per heavy atom. The number of hydrogen-bond acceptors (Lipinski definition) is 5. The molecule has 1 amide bonds. The molecule has 112 valence electrons. The second kappa shape index (κ2) is 6.37. The van der Waals surface area contributed by atoms with E-state index in [1.165, 1.54) is 11.3 Å². The number of thioether (sulfide) groups is 1. The van der Waals surface area contributed by atoms with E-state index in [0.29, 0.717) is 16.4 Å². The third kappa shape index (κ3) is 2.93. The van der Waals surface area contributed by atoms with E-state index in [1.807, 2.05) is 42.7 Å². The van der Waals surface area contributed by atoms with Crippen LogP contribution in [0.3, 0.4) is 0 Å². The van der Waals surface area contributed by atoms with E-state index in [4.69, 9.17) is 4.74 Å². The maximum atomic E-state index is 12.3. The highest BCUT2D eigenvalue weighted by molar-refractivity contribution is 7.98. The molecular weight excluding hydrogens is 316 g/mol. The minimum absolute atomic E-state index is 0.158. The van der Waals surface area contributed by atoms with Gasteiger partial charge in [0.2, 0.25) is 0 Å². The summed E-state index contributed by atoms with van der Waals surface area (Å²) in [5.74, 6) is 0.549. The van der Waals surface area contributed by atoms with Gasteiger partial charge < -0.3 is 4.74 Å². The highest BCUT2D eigenvalue weighted by atomic mass is 32.2. The maximum absolute atomic E-state index is 12.3. The summed E-state index contributed by atoms with van der Waals surface area (Å²) in [6.45, 7) is 0. The summed E-state index contributed by atoms with van der Waals surface area (Å²) in [6, 6.07) is 13.2. The predicted octanol–water partition coefficient (Wildman–Crippen LogP) is 4.28. The molecule has 0 saturated heterocycles. The van der Waals surface area contributed by atoms with Gasteiger partial charge in [-0.2, -0.15) is 0 Å². The molecule has 0 atom stereocenters. The number of para-hydroxylation sites is 1. The molecule has 0 fully saturated rings. The molecule has 0 saturated carbocycles. The van der Waals surface area contributed by atoms with E-state index < -0.39 is 0 Å². The molecule has 4 nitrogen and oxygen atoms in total. The van der Waals surface area contributed by atoms with Gasteiger partial charge in [0.25, 0.3) is 5.91 Å². The van der Waals surface area contributed by atoms with E-state index in [-0.39, 0.29) is 5.91 Å². The summed E-state index contributed by atoms with van der Waals surface area (Å²) in [5.41, 5.74) is 1.39. The zero-order valence-corrected chi connectivity index (χ0v) is 13.8. The molecule has 0 spiro atoms. The number of thiazole rings is 1. The molecule has 22 heavy (non-hydrogen) atoms. The van der Waals surface area contributed by atoms with Gasteiger partial charge in [0.05, 0.1) is 11.8 Å². The van der Waals surface area contributed by atoms with Crippen LogP contribution in [-0.2, 0) is 0 Å². The van der Waals surface area contributed by atoms with Crippen LogP contribution in [0.25, 0.3) is 10.2 Å². The third-order valence-electron chi connectivity index (χ3n) is 3.15. The molecule has 3 rings (SSSR count). The molecule has 0 aliphatic carbocycles. The van der Waals surface area contributed by atoms with E-state index in [2.05, 4.69) is 10.3 Å². The van der Waals surface area contributed by atoms with E-state index in [0.717, 1.165) is 15.1 Å². The van der Waals surface area contributed by atoms with E-state index in [1.54, 1.807) is 24.9 Å². The van der Waals surface area contributed by atoms with Crippen molar-refractivity contribution in [1.29, 1.82) is 0 Å². The lowest BCUT2D eigenvalue weighted by Crippen LogP contribution is -2.11. The highest BCUT2D eigenvalue weighted by Gasteiger charge is 2.12. The first-order valence-corrected chi connectivity index (χ1v) is 8.64. The normalized spacial score (nSPS) is 10.6. The quantitative estimate of drug-likeness (QED) is 0.726. The van der Waals surface area contributed by atoms with Crippen LogP contribution in [0.15, 0.2) is 47.4 Å². The van der Waals surface area contributed by atoms with E-state index >= 15 is 0 Å². The molecule has 2 aromatic carbocycles. The third-order valence-corrected chi connectivity index (χ3v) is 4.82. The number of methoxy groups -OCH3 is 1. The van der Waals surface area contributed by atoms with Crippen LogP contribution in [0.2, 0.25) is 0 Å². The Labute approximate surface area is 136 Å². The summed E-state index contributed by atoms with van der Waals surface area (Å²) >= 11 is 3.04. The van der Waals surface area contributed by atoms with Crippen LogP contribution in [0.5, 0.6) is 5.75 Å². The topological polar surface area (TPSA) is 51.2 Å². The molecule has 1 N–H and O–H groups in total. The fraction of sp³-hybridized carbons (Fsp3) is 0.125. The summed E-state index contributed by atoms with van der Waals surface area (Å²) in [4.78, 5) is 17.8. The SMILES string of the molecule is COc1cccc2sc(NC(=O)c3cccc(SC)c3)nc12. The number of fused-ring (bicyclic) bond motifs is 1. The fourth-order valence-corrected chi connectivity index (χ4v) is 3.41. The molecule has 0 aliphatic heterocycles. The number of rotatable bonds is 4. The molecule has 0 bridgehead atoms. The first kappa shape index (κ1) is 14.9. The van der Waals surface area contributed by atoms with Crippen molar-refractivity contribution in [2.75, 3.05) is 18.7 Å². The van der Waals surface area contributed by atoms with Crippen molar-refractivity contribution in [2.45, 2.75) is 4.90 Å². The second-order valence-corrected chi connectivity index (χ2v) is 6.42. The summed E-state index contributed by atoms with van der Waals surface area (Å²) in [7, 11) is 1.61. The zero-order valence-electron chi connectivity index (χ0n) is 12.1. The highest BCUT2D eigenvalue weighted by Crippen LogP contribution is 2.32. The van der Waals surface area contributed by atoms with Crippen LogP contribution in [0.4, 0.5) is 5.13 Å². The maximum Gasteiger partial charge on any atom is 0.257 e. The molecular formula is C16H14N2O2S2. The van der Waals surface area contributed by atoms with E-state index in [9.17, 15) is 4.79 Å². The predicted molar refractivity (Wildman–Crippen MR) is 92.3 cm³/mol. The Balaban J connectivity index is 1.87. The first-order valence-electron chi connectivity index (χ1n) is 6.60. The Morgan fingerprint density at radius 3 is 2.86 bits per heavy atom. The van der Waals surface area contributed by atoms with Gasteiger partial charge in [0, 0.05) is 10.5 Å². The van der Waals surface area contributed by atoms with Gasteiger partial charge in [-0.3, -0.25) is 10.1 Å². The summed E-state index contributed by atoms with van der Waals surface area (Å²) in [6.07, 6.45) is 1.98. The van der Waals surface area contributed by atoms with Crippen LogP contribution in [0.1, 0.15) is 10.4 Å². The first-order chi connectivity index (χ1) is 10.7. The number of benzene rings is 2. The number of amides is 1. The molecule has 1 aromatic heterocycles. The lowest BCUT2D eigenvalue weighted by molar-refractivity contribution is 0.102. The van der Waals surface area contributed by atoms with Crippen molar-refractivity contribution in [3.63, 3.8) is 0 Å². The van der Waals surface area contributed by atoms with Crippen LogP contribution in [-0.4, -0.2) is 24.3 Å². The molecule has 1 heterocycles. The minimum Gasteiger partial charge on any atom is -0.494 e. The largest absolute Gasteiger partial charge is 0.494 e. The Bertz CT molecular complexity index is 830. The van der Waals surface area contributed by atoms with Gasteiger partial charge in [-0.25, -0.2) is 4.98 Å². The molecule has 0 unspecified atom stereocenters. The Kier molecular flexibility index (Phi) is 4.31. The van der Waals surface area contributed by atoms with Crippen molar-refractivity contribution in [3.05, 3.63) is 48.0 Å². The van der Waals surface area contributed by atoms with Crippen LogP contribution < -0.4 is 10.1 Å². The number of carbonyl (C=O) groups is 1. The van der Waals surface area contributed by atoms with Crippen molar-refractivity contribution in [3.8, 4) is 5.75 Å². The number of nitrogens with one attached hydrogen (secondary N) is 1. The number of carbonyl (C=O) groups excluding carboxylic acids is 1. The van der Waals surface area contributed by atoms with Crippen molar-refractivity contribution in [1.82, 2.24) is 4.98 Å². The zero-order chi connectivity index (χ0) is 15.5. The number of hydrogen-bond donors (Lipinski definition) is 1. The van der Waals surface area contributed by atoms with Gasteiger partial charge in [-0.1, -0.05) is 23.5 Å². The minimum atomic E-state index is -0.158. The molecule has 0 radical (unpaired) electrons. The Morgan fingerprint density at radius 1 is 1.27 bits per heavy atom. The number of aromatic nitrogens is 1. The number of anilines is 1. The summed E-state index contributed by atoms with van der Waals surface area (Å²) in [5, 5.41) is 3.42. The molecule has 0 aliphatic rings. The van der Waals surface area contributed by atoms with Gasteiger partial charge in [0.15, 0.2) is 5.13 Å². The molecule has 6 heteroatoms. The lowest BCUT2D eigenvalue weighted by Gasteiger charge is -2.03. The number of ether oxygens (including phenoxy) is 1. The Hall–Kier alpha value is -2.05. The van der Waals surface area contributed by atoms with Gasteiger partial charge in [0.1, 0.15) is 11.3 Å². The monoisotopic (exact) mass is 330 g/mol. The second-order valence-electron chi connectivity index (χ2n) is 4.51.